The molecule has 1 aromatic heterocycles. The largest absolute Gasteiger partial charge is 0.446 e. The second-order valence-electron chi connectivity index (χ2n) is 3.94. The van der Waals surface area contributed by atoms with Crippen molar-refractivity contribution in [3.05, 3.63) is 46.1 Å². The van der Waals surface area contributed by atoms with Gasteiger partial charge < -0.3 is 10.2 Å². The van der Waals surface area contributed by atoms with Crippen molar-refractivity contribution in [3.8, 4) is 0 Å². The molecule has 0 aliphatic rings. The topological polar surface area (TPSA) is 85.3 Å². The average molecular weight is 345 g/mol. The number of sulfonamides is 1. The summed E-state index contributed by atoms with van der Waals surface area (Å²) in [5, 5.41) is -0.146. The van der Waals surface area contributed by atoms with Crippen molar-refractivity contribution in [3.63, 3.8) is 0 Å². The molecule has 1 heterocycles. The highest BCUT2D eigenvalue weighted by atomic mass is 79.9. The molecule has 102 valence electrons. The Labute approximate surface area is 120 Å². The second kappa shape index (κ2) is 5.36. The predicted molar refractivity (Wildman–Crippen MR) is 76.3 cm³/mol. The van der Waals surface area contributed by atoms with E-state index in [1.807, 2.05) is 13.0 Å². The highest BCUT2D eigenvalue weighted by molar-refractivity contribution is 9.10. The van der Waals surface area contributed by atoms with Crippen LogP contribution in [0, 0.1) is 6.92 Å². The Hall–Kier alpha value is -1.31. The third kappa shape index (κ3) is 2.99. The maximum Gasteiger partial charge on any atom is 0.295 e. The Morgan fingerprint density at radius 1 is 1.32 bits per heavy atom. The number of rotatable bonds is 4. The highest BCUT2D eigenvalue weighted by Crippen LogP contribution is 2.26. The third-order valence-electron chi connectivity index (χ3n) is 2.62. The van der Waals surface area contributed by atoms with Gasteiger partial charge in [0.05, 0.1) is 12.2 Å². The van der Waals surface area contributed by atoms with Gasteiger partial charge in [-0.05, 0) is 36.8 Å². The minimum absolute atomic E-state index is 0.146. The van der Waals surface area contributed by atoms with Crippen LogP contribution in [0.3, 0.4) is 0 Å². The van der Waals surface area contributed by atoms with E-state index in [1.165, 1.54) is 6.07 Å². The summed E-state index contributed by atoms with van der Waals surface area (Å²) in [6, 6.07) is 8.21. The second-order valence-corrected chi connectivity index (χ2v) is 6.41. The molecule has 0 amide bonds. The van der Waals surface area contributed by atoms with Crippen LogP contribution in [0.25, 0.3) is 0 Å². The van der Waals surface area contributed by atoms with Crippen LogP contribution >= 0.6 is 15.9 Å². The van der Waals surface area contributed by atoms with Crippen LogP contribution in [0.4, 0.5) is 5.69 Å². The van der Waals surface area contributed by atoms with E-state index in [1.54, 1.807) is 18.2 Å². The van der Waals surface area contributed by atoms with Crippen molar-refractivity contribution >= 4 is 31.6 Å². The summed E-state index contributed by atoms with van der Waals surface area (Å²) in [4.78, 5) is 0. The molecule has 0 aliphatic carbocycles. The molecular formula is C12H13BrN2O3S. The van der Waals surface area contributed by atoms with E-state index in [9.17, 15) is 8.42 Å². The van der Waals surface area contributed by atoms with E-state index in [2.05, 4.69) is 20.7 Å². The van der Waals surface area contributed by atoms with Gasteiger partial charge in [-0.25, -0.2) is 0 Å². The van der Waals surface area contributed by atoms with Gasteiger partial charge in [0, 0.05) is 4.47 Å². The Bertz CT molecular complexity index is 695. The molecule has 7 heteroatoms. The first-order valence-corrected chi connectivity index (χ1v) is 7.78. The zero-order valence-corrected chi connectivity index (χ0v) is 12.6. The Morgan fingerprint density at radius 2 is 2.05 bits per heavy atom. The summed E-state index contributed by atoms with van der Waals surface area (Å²) >= 11 is 3.35. The van der Waals surface area contributed by atoms with Crippen LogP contribution in [0.1, 0.15) is 11.3 Å². The minimum Gasteiger partial charge on any atom is -0.446 e. The standard InChI is InChI=1S/C12H13BrN2O3S/c1-8-10(13)3-2-4-11(8)15-19(16,17)12-6-5-9(7-14)18-12/h2-6,15H,7,14H2,1H3. The quantitative estimate of drug-likeness (QED) is 0.892. The van der Waals surface area contributed by atoms with Crippen molar-refractivity contribution in [2.24, 2.45) is 5.73 Å². The molecule has 0 bridgehead atoms. The molecule has 19 heavy (non-hydrogen) atoms. The van der Waals surface area contributed by atoms with E-state index in [0.717, 1.165) is 10.0 Å². The zero-order chi connectivity index (χ0) is 14.0. The SMILES string of the molecule is Cc1c(Br)cccc1NS(=O)(=O)c1ccc(CN)o1. The van der Waals surface area contributed by atoms with Gasteiger partial charge in [-0.1, -0.05) is 22.0 Å². The number of nitrogens with one attached hydrogen (secondary N) is 1. The van der Waals surface area contributed by atoms with E-state index in [0.29, 0.717) is 11.4 Å². The number of furan rings is 1. The van der Waals surface area contributed by atoms with Crippen LogP contribution < -0.4 is 10.5 Å². The van der Waals surface area contributed by atoms with Crippen molar-refractivity contribution in [2.45, 2.75) is 18.6 Å². The fourth-order valence-electron chi connectivity index (χ4n) is 1.53. The number of hydrogen-bond acceptors (Lipinski definition) is 4. The first-order chi connectivity index (χ1) is 8.94. The van der Waals surface area contributed by atoms with Crippen LogP contribution in [0.2, 0.25) is 0 Å². The molecule has 0 aliphatic heterocycles. The number of halogens is 1. The zero-order valence-electron chi connectivity index (χ0n) is 10.2. The summed E-state index contributed by atoms with van der Waals surface area (Å²) in [6.07, 6.45) is 0. The van der Waals surface area contributed by atoms with E-state index >= 15 is 0 Å². The number of hydrogen-bond donors (Lipinski definition) is 2. The average Bonchev–Trinajstić information content (AvgIpc) is 2.84. The lowest BCUT2D eigenvalue weighted by Crippen LogP contribution is -2.13. The van der Waals surface area contributed by atoms with Crippen molar-refractivity contribution in [1.82, 2.24) is 0 Å². The van der Waals surface area contributed by atoms with Gasteiger partial charge in [0.25, 0.3) is 10.0 Å². The number of nitrogens with two attached hydrogens (primary N) is 1. The lowest BCUT2D eigenvalue weighted by molar-refractivity contribution is 0.417. The normalized spacial score (nSPS) is 11.5. The van der Waals surface area contributed by atoms with Crippen molar-refractivity contribution in [2.75, 3.05) is 4.72 Å². The van der Waals surface area contributed by atoms with Gasteiger partial charge in [-0.2, -0.15) is 8.42 Å². The summed E-state index contributed by atoms with van der Waals surface area (Å²) in [5.41, 5.74) is 6.69. The highest BCUT2D eigenvalue weighted by Gasteiger charge is 2.19. The Kier molecular flexibility index (Phi) is 3.98. The molecule has 0 unspecified atom stereocenters. The smallest absolute Gasteiger partial charge is 0.295 e. The van der Waals surface area contributed by atoms with Crippen LogP contribution in [-0.4, -0.2) is 8.42 Å². The van der Waals surface area contributed by atoms with Crippen molar-refractivity contribution < 1.29 is 12.8 Å². The fraction of sp³-hybridized carbons (Fsp3) is 0.167. The summed E-state index contributed by atoms with van der Waals surface area (Å²) in [7, 11) is -3.73. The third-order valence-corrected chi connectivity index (χ3v) is 4.71. The minimum atomic E-state index is -3.73. The molecule has 2 aromatic rings. The molecule has 2 rings (SSSR count). The molecule has 0 spiro atoms. The molecule has 0 radical (unpaired) electrons. The van der Waals surface area contributed by atoms with Gasteiger partial charge in [0.15, 0.2) is 0 Å². The molecule has 1 aromatic carbocycles. The van der Waals surface area contributed by atoms with E-state index in [-0.39, 0.29) is 11.6 Å². The number of anilines is 1. The fourth-order valence-corrected chi connectivity index (χ4v) is 2.97. The van der Waals surface area contributed by atoms with E-state index in [4.69, 9.17) is 10.2 Å². The summed E-state index contributed by atoms with van der Waals surface area (Å²) in [6.45, 7) is 1.97. The summed E-state index contributed by atoms with van der Waals surface area (Å²) < 4.78 is 32.7. The molecule has 5 nitrogen and oxygen atoms in total. The van der Waals surface area contributed by atoms with Gasteiger partial charge >= 0.3 is 0 Å². The number of benzene rings is 1. The Morgan fingerprint density at radius 3 is 2.68 bits per heavy atom. The first kappa shape index (κ1) is 14.1. The van der Waals surface area contributed by atoms with Crippen LogP contribution in [0.5, 0.6) is 0 Å². The van der Waals surface area contributed by atoms with Gasteiger partial charge in [-0.15, -0.1) is 0 Å². The molecule has 0 saturated heterocycles. The Balaban J connectivity index is 2.33. The lowest BCUT2D eigenvalue weighted by atomic mass is 10.2. The molecule has 0 fully saturated rings. The van der Waals surface area contributed by atoms with Crippen LogP contribution in [0.15, 0.2) is 44.3 Å². The molecular weight excluding hydrogens is 332 g/mol. The summed E-state index contributed by atoms with van der Waals surface area (Å²) in [5.74, 6) is 0.423. The van der Waals surface area contributed by atoms with Gasteiger partial charge in [-0.3, -0.25) is 4.72 Å². The molecule has 0 atom stereocenters. The van der Waals surface area contributed by atoms with E-state index < -0.39 is 10.0 Å². The maximum absolute atomic E-state index is 12.1. The van der Waals surface area contributed by atoms with Gasteiger partial charge in [0.2, 0.25) is 5.09 Å². The van der Waals surface area contributed by atoms with Crippen molar-refractivity contribution in [1.29, 1.82) is 0 Å². The lowest BCUT2D eigenvalue weighted by Gasteiger charge is -2.09. The van der Waals surface area contributed by atoms with Gasteiger partial charge in [0.1, 0.15) is 5.76 Å². The first-order valence-electron chi connectivity index (χ1n) is 5.51. The monoisotopic (exact) mass is 344 g/mol. The maximum atomic E-state index is 12.1. The predicted octanol–water partition coefficient (Wildman–Crippen LogP) is 2.61. The molecule has 3 N–H and O–H groups in total. The molecule has 0 saturated carbocycles. The van der Waals surface area contributed by atoms with Crippen LogP contribution in [-0.2, 0) is 16.6 Å².